The lowest BCUT2D eigenvalue weighted by molar-refractivity contribution is -0.149. The predicted octanol–water partition coefficient (Wildman–Crippen LogP) is 2.44. The van der Waals surface area contributed by atoms with Crippen molar-refractivity contribution in [1.82, 2.24) is 0 Å². The summed E-state index contributed by atoms with van der Waals surface area (Å²) in [5, 5.41) is 11.9. The van der Waals surface area contributed by atoms with Crippen molar-refractivity contribution < 1.29 is 14.7 Å². The van der Waals surface area contributed by atoms with Gasteiger partial charge in [-0.2, -0.15) is 0 Å². The van der Waals surface area contributed by atoms with Crippen molar-refractivity contribution in [3.63, 3.8) is 0 Å². The summed E-state index contributed by atoms with van der Waals surface area (Å²) in [7, 11) is 3.85. The molecule has 0 aliphatic rings. The molecule has 0 spiro atoms. The first-order valence-electron chi connectivity index (χ1n) is 6.44. The third kappa shape index (κ3) is 3.98. The lowest BCUT2D eigenvalue weighted by Crippen LogP contribution is -2.39. The Hall–Kier alpha value is -2.04. The SMILES string of the molecule is CN(C)c1ccc(NC(=O)C(C(=O)O)C(C)(C)C)cc1. The fourth-order valence-corrected chi connectivity index (χ4v) is 1.93. The van der Waals surface area contributed by atoms with E-state index >= 15 is 0 Å². The van der Waals surface area contributed by atoms with E-state index in [0.29, 0.717) is 5.69 Å². The first kappa shape index (κ1) is 16.0. The summed E-state index contributed by atoms with van der Waals surface area (Å²) in [6, 6.07) is 7.24. The number of amides is 1. The zero-order valence-corrected chi connectivity index (χ0v) is 12.6. The van der Waals surface area contributed by atoms with Gasteiger partial charge in [0, 0.05) is 25.5 Å². The number of carboxylic acids is 1. The van der Waals surface area contributed by atoms with Gasteiger partial charge in [-0.05, 0) is 29.7 Å². The number of carbonyl (C=O) groups excluding carboxylic acids is 1. The number of carboxylic acid groups (broad SMARTS) is 1. The standard InChI is InChI=1S/C15H22N2O3/c1-15(2,3)12(14(19)20)13(18)16-10-6-8-11(9-7-10)17(4)5/h6-9,12H,1-5H3,(H,16,18)(H,19,20). The van der Waals surface area contributed by atoms with E-state index in [4.69, 9.17) is 0 Å². The Bertz CT molecular complexity index is 487. The Balaban J connectivity index is 2.86. The topological polar surface area (TPSA) is 69.6 Å². The van der Waals surface area contributed by atoms with Crippen LogP contribution in [0.4, 0.5) is 11.4 Å². The van der Waals surface area contributed by atoms with Crippen molar-refractivity contribution in [3.8, 4) is 0 Å². The smallest absolute Gasteiger partial charge is 0.316 e. The highest BCUT2D eigenvalue weighted by Gasteiger charge is 2.37. The van der Waals surface area contributed by atoms with Crippen molar-refractivity contribution in [2.45, 2.75) is 20.8 Å². The number of aliphatic carboxylic acids is 1. The Labute approximate surface area is 119 Å². The molecule has 1 amide bonds. The van der Waals surface area contributed by atoms with Crippen LogP contribution in [0.2, 0.25) is 0 Å². The van der Waals surface area contributed by atoms with Crippen LogP contribution in [0.3, 0.4) is 0 Å². The van der Waals surface area contributed by atoms with E-state index in [-0.39, 0.29) is 0 Å². The number of rotatable bonds is 4. The van der Waals surface area contributed by atoms with Crippen LogP contribution in [0.15, 0.2) is 24.3 Å². The molecule has 0 saturated heterocycles. The number of benzene rings is 1. The van der Waals surface area contributed by atoms with Gasteiger partial charge in [0.1, 0.15) is 5.92 Å². The molecule has 1 atom stereocenters. The van der Waals surface area contributed by atoms with Crippen LogP contribution in [-0.2, 0) is 9.59 Å². The molecule has 1 aromatic rings. The number of nitrogens with zero attached hydrogens (tertiary/aromatic N) is 1. The summed E-state index contributed by atoms with van der Waals surface area (Å²) in [5.74, 6) is -2.70. The average Bonchev–Trinajstić information content (AvgIpc) is 2.26. The summed E-state index contributed by atoms with van der Waals surface area (Å²) in [4.78, 5) is 25.3. The van der Waals surface area contributed by atoms with Crippen molar-refractivity contribution in [2.75, 3.05) is 24.3 Å². The monoisotopic (exact) mass is 278 g/mol. The number of hydrogen-bond donors (Lipinski definition) is 2. The first-order chi connectivity index (χ1) is 9.12. The molecule has 0 radical (unpaired) electrons. The van der Waals surface area contributed by atoms with Gasteiger partial charge in [0.2, 0.25) is 5.91 Å². The van der Waals surface area contributed by atoms with Gasteiger partial charge in [0.15, 0.2) is 0 Å². The van der Waals surface area contributed by atoms with Gasteiger partial charge in [-0.25, -0.2) is 0 Å². The van der Waals surface area contributed by atoms with Crippen LogP contribution in [-0.4, -0.2) is 31.1 Å². The van der Waals surface area contributed by atoms with Crippen molar-refractivity contribution >= 4 is 23.3 Å². The Morgan fingerprint density at radius 3 is 2.00 bits per heavy atom. The minimum absolute atomic E-state index is 0.498. The largest absolute Gasteiger partial charge is 0.481 e. The summed E-state index contributed by atoms with van der Waals surface area (Å²) < 4.78 is 0. The normalized spacial score (nSPS) is 12.7. The molecule has 0 aromatic heterocycles. The van der Waals surface area contributed by atoms with Crippen molar-refractivity contribution in [1.29, 1.82) is 0 Å². The molecular formula is C15H22N2O3. The highest BCUT2D eigenvalue weighted by atomic mass is 16.4. The van der Waals surface area contributed by atoms with Crippen LogP contribution in [0.1, 0.15) is 20.8 Å². The van der Waals surface area contributed by atoms with Crippen molar-refractivity contribution in [3.05, 3.63) is 24.3 Å². The molecular weight excluding hydrogens is 256 g/mol. The molecule has 0 heterocycles. The van der Waals surface area contributed by atoms with E-state index in [1.165, 1.54) is 0 Å². The van der Waals surface area contributed by atoms with Gasteiger partial charge in [-0.1, -0.05) is 20.8 Å². The fourth-order valence-electron chi connectivity index (χ4n) is 1.93. The van der Waals surface area contributed by atoms with E-state index in [1.54, 1.807) is 32.9 Å². The Morgan fingerprint density at radius 1 is 1.15 bits per heavy atom. The zero-order valence-electron chi connectivity index (χ0n) is 12.6. The maximum Gasteiger partial charge on any atom is 0.316 e. The minimum atomic E-state index is -1.11. The van der Waals surface area contributed by atoms with E-state index in [2.05, 4.69) is 5.32 Å². The zero-order chi connectivity index (χ0) is 15.5. The Morgan fingerprint density at radius 2 is 1.65 bits per heavy atom. The van der Waals surface area contributed by atoms with E-state index in [9.17, 15) is 14.7 Å². The molecule has 1 rings (SSSR count). The molecule has 5 heteroatoms. The number of hydrogen-bond acceptors (Lipinski definition) is 3. The second-order valence-corrected chi connectivity index (χ2v) is 6.07. The van der Waals surface area contributed by atoms with Gasteiger partial charge in [-0.3, -0.25) is 9.59 Å². The summed E-state index contributed by atoms with van der Waals surface area (Å²) >= 11 is 0. The second-order valence-electron chi connectivity index (χ2n) is 6.07. The number of carbonyl (C=O) groups is 2. The molecule has 2 N–H and O–H groups in total. The molecule has 110 valence electrons. The maximum atomic E-state index is 12.1. The van der Waals surface area contributed by atoms with Crippen LogP contribution in [0.5, 0.6) is 0 Å². The van der Waals surface area contributed by atoms with Crippen LogP contribution in [0.25, 0.3) is 0 Å². The third-order valence-corrected chi connectivity index (χ3v) is 3.03. The van der Waals surface area contributed by atoms with E-state index < -0.39 is 23.2 Å². The van der Waals surface area contributed by atoms with Crippen molar-refractivity contribution in [2.24, 2.45) is 11.3 Å². The predicted molar refractivity (Wildman–Crippen MR) is 80.0 cm³/mol. The van der Waals surface area contributed by atoms with Gasteiger partial charge < -0.3 is 15.3 Å². The number of anilines is 2. The molecule has 0 aliphatic heterocycles. The minimum Gasteiger partial charge on any atom is -0.481 e. The highest BCUT2D eigenvalue weighted by molar-refractivity contribution is 6.04. The quantitative estimate of drug-likeness (QED) is 0.830. The van der Waals surface area contributed by atoms with Crippen LogP contribution in [0, 0.1) is 11.3 Å². The summed E-state index contributed by atoms with van der Waals surface area (Å²) in [6.07, 6.45) is 0. The lowest BCUT2D eigenvalue weighted by Gasteiger charge is -2.26. The molecule has 0 fully saturated rings. The van der Waals surface area contributed by atoms with E-state index in [0.717, 1.165) is 5.69 Å². The number of nitrogens with one attached hydrogen (secondary N) is 1. The summed E-state index contributed by atoms with van der Waals surface area (Å²) in [5.41, 5.74) is 0.962. The Kier molecular flexibility index (Phi) is 4.76. The average molecular weight is 278 g/mol. The molecule has 20 heavy (non-hydrogen) atoms. The molecule has 0 aliphatic carbocycles. The molecule has 5 nitrogen and oxygen atoms in total. The van der Waals surface area contributed by atoms with Gasteiger partial charge in [0.05, 0.1) is 0 Å². The van der Waals surface area contributed by atoms with Gasteiger partial charge in [0.25, 0.3) is 0 Å². The molecule has 1 unspecified atom stereocenters. The van der Waals surface area contributed by atoms with Crippen LogP contribution < -0.4 is 10.2 Å². The molecule has 0 saturated carbocycles. The fraction of sp³-hybridized carbons (Fsp3) is 0.467. The van der Waals surface area contributed by atoms with Gasteiger partial charge >= 0.3 is 5.97 Å². The van der Waals surface area contributed by atoms with Gasteiger partial charge in [-0.15, -0.1) is 0 Å². The first-order valence-corrected chi connectivity index (χ1v) is 6.44. The second kappa shape index (κ2) is 5.94. The summed E-state index contributed by atoms with van der Waals surface area (Å²) in [6.45, 7) is 5.21. The highest BCUT2D eigenvalue weighted by Crippen LogP contribution is 2.27. The lowest BCUT2D eigenvalue weighted by atomic mass is 9.80. The maximum absolute atomic E-state index is 12.1. The van der Waals surface area contributed by atoms with E-state index in [1.807, 2.05) is 31.1 Å². The third-order valence-electron chi connectivity index (χ3n) is 3.03. The van der Waals surface area contributed by atoms with Crippen LogP contribution >= 0.6 is 0 Å². The molecule has 0 bridgehead atoms. The molecule has 1 aromatic carbocycles.